The third-order valence-corrected chi connectivity index (χ3v) is 10.2. The van der Waals surface area contributed by atoms with Gasteiger partial charge in [-0.25, -0.2) is 22.7 Å². The number of nitrogens with one attached hydrogen (secondary N) is 2. The second-order valence-electron chi connectivity index (χ2n) is 11.5. The Morgan fingerprint density at radius 2 is 1.70 bits per heavy atom. The number of carbonyl (C=O) groups is 2. The van der Waals surface area contributed by atoms with Gasteiger partial charge < -0.3 is 25.2 Å². The van der Waals surface area contributed by atoms with E-state index < -0.39 is 22.0 Å². The monoisotopic (exact) mass is 647 g/mol. The first kappa shape index (κ1) is 33.9. The van der Waals surface area contributed by atoms with E-state index in [-0.39, 0.29) is 23.8 Å². The van der Waals surface area contributed by atoms with Crippen LogP contribution in [0.4, 0.5) is 0 Å². The molecule has 44 heavy (non-hydrogen) atoms. The predicted molar refractivity (Wildman–Crippen MR) is 170 cm³/mol. The van der Waals surface area contributed by atoms with Gasteiger partial charge in [0.05, 0.1) is 5.75 Å². The quantitative estimate of drug-likeness (QED) is 0.197. The average molecular weight is 648 g/mol. The number of hydrogen-bond donors (Lipinski definition) is 4. The van der Waals surface area contributed by atoms with E-state index in [4.69, 9.17) is 26.6 Å². The maximum atomic E-state index is 12.4. The summed E-state index contributed by atoms with van der Waals surface area (Å²) in [6.07, 6.45) is 9.22. The topological polar surface area (TPSA) is 145 Å². The summed E-state index contributed by atoms with van der Waals surface area (Å²) in [4.78, 5) is 21.4. The molecule has 12 heteroatoms. The molecule has 240 valence electrons. The van der Waals surface area contributed by atoms with Gasteiger partial charge in [-0.3, -0.25) is 0 Å². The van der Waals surface area contributed by atoms with Crippen molar-refractivity contribution < 1.29 is 33.0 Å². The van der Waals surface area contributed by atoms with Crippen molar-refractivity contribution >= 4 is 33.6 Å². The highest BCUT2D eigenvalue weighted by atomic mass is 35.5. The molecule has 4 N–H and O–H groups in total. The van der Waals surface area contributed by atoms with E-state index in [1.165, 1.54) is 42.4 Å². The number of nitrogens with zero attached hydrogens (tertiary/aromatic N) is 1. The maximum absolute atomic E-state index is 12.4. The molecular weight excluding hydrogens is 606 g/mol. The van der Waals surface area contributed by atoms with Crippen LogP contribution in [-0.2, 0) is 31.4 Å². The zero-order chi connectivity index (χ0) is 31.6. The Morgan fingerprint density at radius 3 is 2.32 bits per heavy atom. The lowest BCUT2D eigenvalue weighted by Crippen LogP contribution is -2.49. The molecule has 2 heterocycles. The van der Waals surface area contributed by atoms with Crippen LogP contribution in [0.2, 0.25) is 5.02 Å². The van der Waals surface area contributed by atoms with Crippen molar-refractivity contribution in [3.8, 4) is 5.75 Å². The molecule has 1 saturated carbocycles. The van der Waals surface area contributed by atoms with E-state index in [2.05, 4.69) is 39.2 Å². The van der Waals surface area contributed by atoms with Crippen LogP contribution in [0.3, 0.4) is 0 Å². The number of sulfonamides is 1. The summed E-state index contributed by atoms with van der Waals surface area (Å²) in [5.41, 5.74) is 4.08. The van der Waals surface area contributed by atoms with Crippen LogP contribution < -0.4 is 14.8 Å². The minimum absolute atomic E-state index is 0.0718. The summed E-state index contributed by atoms with van der Waals surface area (Å²) < 4.78 is 33.5. The Bertz CT molecular complexity index is 1390. The molecule has 10 nitrogen and oxygen atoms in total. The first-order chi connectivity index (χ1) is 21.1. The molecule has 3 aliphatic rings. The van der Waals surface area contributed by atoms with E-state index in [0.29, 0.717) is 25.3 Å². The molecule has 1 unspecified atom stereocenters. The van der Waals surface area contributed by atoms with Crippen LogP contribution in [0.1, 0.15) is 61.3 Å². The van der Waals surface area contributed by atoms with Gasteiger partial charge in [-0.05, 0) is 92.7 Å². The van der Waals surface area contributed by atoms with E-state index in [1.54, 1.807) is 0 Å². The second kappa shape index (κ2) is 15.9. The highest BCUT2D eigenvalue weighted by Crippen LogP contribution is 2.53. The lowest BCUT2D eigenvalue weighted by atomic mass is 9.58. The predicted octanol–water partition coefficient (Wildman–Crippen LogP) is 4.14. The number of benzene rings is 2. The standard InChI is InChI=1S/C28H38ClN3O3S.C4H4O4/c29-24-8-6-23(7-9-24)28(12-4-13-28)27-26-21-25(10-5-22(26)11-14-30-27)35-19-15-31-36(33,34)20-18-32-16-2-1-3-17-32;5-3(6)1-2-4(7)8/h5-10,21,27,30-31H,1-4,11-20H2;1-2H,(H,5,6)(H,7,8)/b;2-1+. The summed E-state index contributed by atoms with van der Waals surface area (Å²) in [5, 5.41) is 20.2. The van der Waals surface area contributed by atoms with Crippen molar-refractivity contribution in [1.82, 2.24) is 14.9 Å². The molecule has 0 aromatic heterocycles. The third kappa shape index (κ3) is 9.52. The molecule has 1 saturated heterocycles. The van der Waals surface area contributed by atoms with E-state index in [9.17, 15) is 18.0 Å². The van der Waals surface area contributed by atoms with Gasteiger partial charge in [-0.1, -0.05) is 42.6 Å². The Morgan fingerprint density at radius 1 is 1.02 bits per heavy atom. The number of hydrogen-bond acceptors (Lipinski definition) is 7. The zero-order valence-electron chi connectivity index (χ0n) is 24.8. The van der Waals surface area contributed by atoms with Gasteiger partial charge >= 0.3 is 11.9 Å². The normalized spacial score (nSPS) is 19.7. The SMILES string of the molecule is O=C(O)/C=C/C(=O)O.O=S(=O)(CCN1CCCCC1)NCCOc1ccc2c(c1)C(C1(c3ccc(Cl)cc3)CCC1)NCC2. The van der Waals surface area contributed by atoms with Crippen LogP contribution in [-0.4, -0.2) is 80.6 Å². The van der Waals surface area contributed by atoms with Gasteiger partial charge in [0.15, 0.2) is 0 Å². The van der Waals surface area contributed by atoms with E-state index in [0.717, 1.165) is 49.7 Å². The van der Waals surface area contributed by atoms with Crippen LogP contribution >= 0.6 is 11.6 Å². The lowest BCUT2D eigenvalue weighted by molar-refractivity contribution is -0.134. The maximum Gasteiger partial charge on any atom is 0.328 e. The van der Waals surface area contributed by atoms with Crippen molar-refractivity contribution in [3.05, 3.63) is 76.3 Å². The average Bonchev–Trinajstić information content (AvgIpc) is 2.99. The minimum Gasteiger partial charge on any atom is -0.492 e. The first-order valence-electron chi connectivity index (χ1n) is 15.2. The van der Waals surface area contributed by atoms with Crippen LogP contribution in [0, 0.1) is 0 Å². The third-order valence-electron chi connectivity index (χ3n) is 8.57. The molecule has 0 amide bonds. The smallest absolute Gasteiger partial charge is 0.328 e. The molecule has 0 bridgehead atoms. The molecule has 1 aliphatic carbocycles. The van der Waals surface area contributed by atoms with Crippen molar-refractivity contribution in [2.75, 3.05) is 45.1 Å². The number of rotatable bonds is 12. The Balaban J connectivity index is 0.000000488. The van der Waals surface area contributed by atoms with Gasteiger partial charge in [-0.15, -0.1) is 0 Å². The summed E-state index contributed by atoms with van der Waals surface area (Å²) in [5.74, 6) is -1.58. The number of likely N-dealkylation sites (tertiary alicyclic amines) is 1. The Labute approximate surface area is 264 Å². The number of carboxylic acid groups (broad SMARTS) is 2. The summed E-state index contributed by atoms with van der Waals surface area (Å²) in [7, 11) is -3.30. The molecule has 2 fully saturated rings. The number of fused-ring (bicyclic) bond motifs is 1. The first-order valence-corrected chi connectivity index (χ1v) is 17.2. The van der Waals surface area contributed by atoms with Crippen molar-refractivity contribution in [3.63, 3.8) is 0 Å². The van der Waals surface area contributed by atoms with Gasteiger partial charge in [0.25, 0.3) is 0 Å². The second-order valence-corrected chi connectivity index (χ2v) is 13.9. The molecule has 2 aromatic carbocycles. The fourth-order valence-corrected chi connectivity index (χ4v) is 7.37. The molecule has 2 aromatic rings. The summed E-state index contributed by atoms with van der Waals surface area (Å²) >= 11 is 6.18. The van der Waals surface area contributed by atoms with E-state index >= 15 is 0 Å². The number of aliphatic carboxylic acids is 2. The van der Waals surface area contributed by atoms with Crippen LogP contribution in [0.5, 0.6) is 5.75 Å². The van der Waals surface area contributed by atoms with Gasteiger partial charge in [-0.2, -0.15) is 0 Å². The Hall–Kier alpha value is -2.96. The fourth-order valence-electron chi connectivity index (χ4n) is 6.21. The molecule has 5 rings (SSSR count). The van der Waals surface area contributed by atoms with Crippen molar-refractivity contribution in [2.45, 2.75) is 56.4 Å². The molecule has 2 aliphatic heterocycles. The largest absolute Gasteiger partial charge is 0.492 e. The highest BCUT2D eigenvalue weighted by Gasteiger charge is 2.47. The van der Waals surface area contributed by atoms with Crippen molar-refractivity contribution in [1.29, 1.82) is 0 Å². The number of ether oxygens (including phenoxy) is 1. The van der Waals surface area contributed by atoms with Crippen LogP contribution in [0.25, 0.3) is 0 Å². The highest BCUT2D eigenvalue weighted by molar-refractivity contribution is 7.89. The molecule has 0 radical (unpaired) electrons. The minimum atomic E-state index is -3.30. The fraction of sp³-hybridized carbons (Fsp3) is 0.500. The van der Waals surface area contributed by atoms with Crippen molar-refractivity contribution in [2.24, 2.45) is 0 Å². The zero-order valence-corrected chi connectivity index (χ0v) is 26.4. The van der Waals surface area contributed by atoms with E-state index in [1.807, 2.05) is 18.2 Å². The summed E-state index contributed by atoms with van der Waals surface area (Å²) in [6.45, 7) is 4.16. The van der Waals surface area contributed by atoms with Gasteiger partial charge in [0, 0.05) is 41.7 Å². The van der Waals surface area contributed by atoms with Gasteiger partial charge in [0.2, 0.25) is 10.0 Å². The molecular formula is C32H42ClN3O7S. The Kier molecular flexibility index (Phi) is 12.2. The molecule has 1 atom stereocenters. The summed E-state index contributed by atoms with van der Waals surface area (Å²) in [6, 6.07) is 14.9. The lowest BCUT2D eigenvalue weighted by Gasteiger charge is -2.50. The number of carboxylic acids is 2. The number of halogens is 1. The number of piperidine rings is 1. The van der Waals surface area contributed by atoms with Gasteiger partial charge in [0.1, 0.15) is 12.4 Å². The molecule has 0 spiro atoms. The van der Waals surface area contributed by atoms with Crippen LogP contribution in [0.15, 0.2) is 54.6 Å².